The molecule has 0 radical (unpaired) electrons. The highest BCUT2D eigenvalue weighted by atomic mass is 32.2. The average molecular weight is 378 g/mol. The smallest absolute Gasteiger partial charge is 0.243 e. The summed E-state index contributed by atoms with van der Waals surface area (Å²) in [6, 6.07) is 4.12. The Morgan fingerprint density at radius 2 is 1.88 bits per heavy atom. The van der Waals surface area contributed by atoms with Crippen molar-refractivity contribution in [1.29, 1.82) is 0 Å². The van der Waals surface area contributed by atoms with Crippen LogP contribution in [0.25, 0.3) is 0 Å². The highest BCUT2D eigenvalue weighted by Gasteiger charge is 2.46. The van der Waals surface area contributed by atoms with E-state index in [2.05, 4.69) is 21.5 Å². The summed E-state index contributed by atoms with van der Waals surface area (Å²) in [6.07, 6.45) is 5.15. The van der Waals surface area contributed by atoms with E-state index in [1.165, 1.54) is 16.4 Å². The second-order valence-corrected chi connectivity index (χ2v) is 9.15. The number of likely N-dealkylation sites (N-methyl/N-ethyl adjacent to an activating group) is 1. The van der Waals surface area contributed by atoms with Crippen LogP contribution in [0.3, 0.4) is 0 Å². The lowest BCUT2D eigenvalue weighted by Gasteiger charge is -2.49. The Balaban J connectivity index is 1.60. The van der Waals surface area contributed by atoms with Crippen LogP contribution >= 0.6 is 0 Å². The van der Waals surface area contributed by atoms with Crippen LogP contribution in [0.4, 0.5) is 4.39 Å². The first kappa shape index (κ1) is 17.6. The molecule has 2 aromatic rings. The van der Waals surface area contributed by atoms with Crippen LogP contribution < -0.4 is 0 Å². The van der Waals surface area contributed by atoms with Crippen LogP contribution in [0, 0.1) is 12.7 Å². The molecule has 0 saturated carbocycles. The Morgan fingerprint density at radius 3 is 2.58 bits per heavy atom. The molecule has 1 spiro atoms. The first-order valence-corrected chi connectivity index (χ1v) is 10.3. The van der Waals surface area contributed by atoms with Crippen molar-refractivity contribution in [2.45, 2.75) is 36.7 Å². The van der Waals surface area contributed by atoms with E-state index >= 15 is 0 Å². The molecule has 1 aromatic carbocycles. The van der Waals surface area contributed by atoms with Gasteiger partial charge in [-0.25, -0.2) is 17.8 Å². The molecule has 6 nitrogen and oxygen atoms in total. The van der Waals surface area contributed by atoms with Crippen molar-refractivity contribution in [3.8, 4) is 0 Å². The fraction of sp³-hybridized carbons (Fsp3) is 0.500. The summed E-state index contributed by atoms with van der Waals surface area (Å²) >= 11 is 0. The third-order valence-electron chi connectivity index (χ3n) is 5.87. The van der Waals surface area contributed by atoms with Crippen LogP contribution in [0.2, 0.25) is 0 Å². The van der Waals surface area contributed by atoms with Crippen LogP contribution in [-0.2, 0) is 22.1 Å². The third-order valence-corrected chi connectivity index (χ3v) is 7.76. The minimum absolute atomic E-state index is 0.0232. The first-order valence-electron chi connectivity index (χ1n) is 8.84. The molecule has 1 aromatic heterocycles. The molecule has 0 bridgehead atoms. The minimum atomic E-state index is -3.69. The molecule has 0 atom stereocenters. The van der Waals surface area contributed by atoms with Crippen molar-refractivity contribution in [3.05, 3.63) is 47.8 Å². The highest BCUT2D eigenvalue weighted by Crippen LogP contribution is 2.40. The number of sulfonamides is 1. The van der Waals surface area contributed by atoms with Crippen molar-refractivity contribution < 1.29 is 12.8 Å². The molecule has 0 N–H and O–H groups in total. The van der Waals surface area contributed by atoms with E-state index in [1.54, 1.807) is 6.92 Å². The molecule has 0 amide bonds. The number of imidazole rings is 1. The van der Waals surface area contributed by atoms with E-state index in [1.807, 2.05) is 12.4 Å². The summed E-state index contributed by atoms with van der Waals surface area (Å²) in [4.78, 5) is 6.87. The molecule has 4 rings (SSSR count). The summed E-state index contributed by atoms with van der Waals surface area (Å²) in [5.41, 5.74) is 0.212. The molecule has 2 aliphatic rings. The maximum absolute atomic E-state index is 13.8. The highest BCUT2D eigenvalue weighted by molar-refractivity contribution is 7.89. The van der Waals surface area contributed by atoms with Gasteiger partial charge in [-0.05, 0) is 44.5 Å². The number of aryl methyl sites for hydroxylation is 1. The molecule has 140 valence electrons. The topological polar surface area (TPSA) is 58.4 Å². The van der Waals surface area contributed by atoms with Gasteiger partial charge in [-0.1, -0.05) is 6.07 Å². The van der Waals surface area contributed by atoms with Crippen LogP contribution in [-0.4, -0.2) is 53.9 Å². The summed E-state index contributed by atoms with van der Waals surface area (Å²) in [5, 5.41) is 0. The second kappa shape index (κ2) is 6.14. The van der Waals surface area contributed by atoms with Crippen molar-refractivity contribution in [1.82, 2.24) is 18.8 Å². The molecule has 1 fully saturated rings. The Hall–Kier alpha value is -1.77. The molecule has 0 aliphatic carbocycles. The lowest BCUT2D eigenvalue weighted by atomic mass is 9.84. The van der Waals surface area contributed by atoms with Gasteiger partial charge in [0.05, 0.1) is 10.4 Å². The van der Waals surface area contributed by atoms with E-state index in [4.69, 9.17) is 0 Å². The number of hydrogen-bond acceptors (Lipinski definition) is 4. The average Bonchev–Trinajstić information content (AvgIpc) is 3.11. The quantitative estimate of drug-likeness (QED) is 0.802. The molecule has 26 heavy (non-hydrogen) atoms. The van der Waals surface area contributed by atoms with E-state index in [0.717, 1.165) is 25.0 Å². The van der Waals surface area contributed by atoms with Crippen LogP contribution in [0.1, 0.15) is 24.2 Å². The van der Waals surface area contributed by atoms with Crippen LogP contribution in [0.15, 0.2) is 35.5 Å². The van der Waals surface area contributed by atoms with Gasteiger partial charge in [0.1, 0.15) is 11.6 Å². The van der Waals surface area contributed by atoms with E-state index in [9.17, 15) is 12.8 Å². The van der Waals surface area contributed by atoms with E-state index in [0.29, 0.717) is 31.5 Å². The molecule has 8 heteroatoms. The SMILES string of the molecule is Cc1ccc(S(=O)(=O)N2CCC3(CC2)c2nccn2CCN3C)cc1F. The molecular formula is C18H23FN4O2S. The molecule has 2 aliphatic heterocycles. The molecule has 0 unspecified atom stereocenters. The zero-order chi connectivity index (χ0) is 18.5. The number of halogens is 1. The summed E-state index contributed by atoms with van der Waals surface area (Å²) in [6.45, 7) is 4.24. The van der Waals surface area contributed by atoms with Gasteiger partial charge in [0.25, 0.3) is 0 Å². The zero-order valence-corrected chi connectivity index (χ0v) is 15.8. The number of aromatic nitrogens is 2. The first-order chi connectivity index (χ1) is 12.3. The number of benzene rings is 1. The Morgan fingerprint density at radius 1 is 1.15 bits per heavy atom. The lowest BCUT2D eigenvalue weighted by Crippen LogP contribution is -2.56. The summed E-state index contributed by atoms with van der Waals surface area (Å²) in [7, 11) is -1.61. The Labute approximate surface area is 153 Å². The van der Waals surface area contributed by atoms with Crippen molar-refractivity contribution in [2.24, 2.45) is 0 Å². The number of fused-ring (bicyclic) bond motifs is 2. The number of piperidine rings is 1. The minimum Gasteiger partial charge on any atom is -0.332 e. The predicted octanol–water partition coefficient (Wildman–Crippen LogP) is 1.96. The zero-order valence-electron chi connectivity index (χ0n) is 15.0. The molecular weight excluding hydrogens is 355 g/mol. The van der Waals surface area contributed by atoms with Gasteiger partial charge in [0.15, 0.2) is 0 Å². The number of rotatable bonds is 2. The van der Waals surface area contributed by atoms with Crippen molar-refractivity contribution in [3.63, 3.8) is 0 Å². The van der Waals surface area contributed by atoms with E-state index < -0.39 is 15.8 Å². The van der Waals surface area contributed by atoms with Gasteiger partial charge in [-0.2, -0.15) is 4.31 Å². The van der Waals surface area contributed by atoms with Gasteiger partial charge >= 0.3 is 0 Å². The van der Waals surface area contributed by atoms with Gasteiger partial charge in [0.2, 0.25) is 10.0 Å². The monoisotopic (exact) mass is 378 g/mol. The summed E-state index contributed by atoms with van der Waals surface area (Å²) in [5.74, 6) is 0.526. The standard InChI is InChI=1S/C18H23FN4O2S/c1-14-3-4-15(13-16(14)19)26(24,25)23-8-5-18(6-9-23)17-20-7-10-22(17)12-11-21(18)2/h3-4,7,10,13H,5-6,8-9,11-12H2,1-2H3. The van der Waals surface area contributed by atoms with Crippen molar-refractivity contribution in [2.75, 3.05) is 26.7 Å². The maximum atomic E-state index is 13.8. The van der Waals surface area contributed by atoms with Gasteiger partial charge in [-0.15, -0.1) is 0 Å². The second-order valence-electron chi connectivity index (χ2n) is 7.21. The molecule has 1 saturated heterocycles. The normalized spacial score (nSPS) is 21.0. The van der Waals surface area contributed by atoms with Gasteiger partial charge < -0.3 is 4.57 Å². The number of nitrogens with zero attached hydrogens (tertiary/aromatic N) is 4. The van der Waals surface area contributed by atoms with Gasteiger partial charge in [0, 0.05) is 38.6 Å². The Kier molecular flexibility index (Phi) is 4.17. The molecule has 3 heterocycles. The third kappa shape index (κ3) is 2.59. The predicted molar refractivity (Wildman–Crippen MR) is 95.7 cm³/mol. The maximum Gasteiger partial charge on any atom is 0.243 e. The fourth-order valence-corrected chi connectivity index (χ4v) is 5.58. The largest absolute Gasteiger partial charge is 0.332 e. The number of hydrogen-bond donors (Lipinski definition) is 0. The lowest BCUT2D eigenvalue weighted by molar-refractivity contribution is 0.0271. The van der Waals surface area contributed by atoms with E-state index in [-0.39, 0.29) is 10.4 Å². The fourth-order valence-electron chi connectivity index (χ4n) is 4.12. The van der Waals surface area contributed by atoms with Crippen molar-refractivity contribution >= 4 is 10.0 Å². The Bertz CT molecular complexity index is 932. The van der Waals surface area contributed by atoms with Gasteiger partial charge in [-0.3, -0.25) is 4.90 Å². The van der Waals surface area contributed by atoms with Crippen LogP contribution in [0.5, 0.6) is 0 Å². The summed E-state index contributed by atoms with van der Waals surface area (Å²) < 4.78 is 43.3.